The highest BCUT2D eigenvalue weighted by Gasteiger charge is 2.45. The van der Waals surface area contributed by atoms with E-state index in [2.05, 4.69) is 15.0 Å². The molecule has 2 atom stereocenters. The van der Waals surface area contributed by atoms with Gasteiger partial charge in [-0.2, -0.15) is 8.78 Å². The topological polar surface area (TPSA) is 112 Å². The largest absolute Gasteiger partial charge is 0.497 e. The fourth-order valence-electron chi connectivity index (χ4n) is 4.62. The molecular weight excluding hydrogens is 552 g/mol. The van der Waals surface area contributed by atoms with Gasteiger partial charge in [0.25, 0.3) is 11.5 Å². The first-order chi connectivity index (χ1) is 19.6. The predicted molar refractivity (Wildman–Crippen MR) is 137 cm³/mol. The first-order valence-corrected chi connectivity index (χ1v) is 12.3. The van der Waals surface area contributed by atoms with Gasteiger partial charge in [-0.05, 0) is 24.3 Å². The number of nitrogens with zero attached hydrogens (tertiary/aromatic N) is 3. The third-order valence-corrected chi connectivity index (χ3v) is 6.64. The summed E-state index contributed by atoms with van der Waals surface area (Å²) in [4.78, 5) is 44.6. The summed E-state index contributed by atoms with van der Waals surface area (Å²) >= 11 is 0. The summed E-state index contributed by atoms with van der Waals surface area (Å²) in [5.74, 6) is -5.76. The third-order valence-electron chi connectivity index (χ3n) is 6.64. The van der Waals surface area contributed by atoms with Crippen molar-refractivity contribution in [3.63, 3.8) is 0 Å². The van der Waals surface area contributed by atoms with Gasteiger partial charge in [-0.15, -0.1) is 0 Å². The molecule has 0 aliphatic carbocycles. The van der Waals surface area contributed by atoms with Gasteiger partial charge in [0.2, 0.25) is 5.91 Å². The van der Waals surface area contributed by atoms with Gasteiger partial charge in [-0.1, -0.05) is 0 Å². The second-order valence-corrected chi connectivity index (χ2v) is 9.05. The molecular formula is C27H26F4N4O6. The first kappa shape index (κ1) is 29.5. The quantitative estimate of drug-likeness (QED) is 0.348. The van der Waals surface area contributed by atoms with E-state index in [9.17, 15) is 23.2 Å². The molecule has 1 aromatic heterocycles. The van der Waals surface area contributed by atoms with E-state index >= 15 is 8.78 Å². The molecule has 1 saturated heterocycles. The maximum Gasteiger partial charge on any atom is 0.387 e. The number of anilines is 1. The van der Waals surface area contributed by atoms with Crippen LogP contribution < -0.4 is 25.2 Å². The molecule has 0 saturated carbocycles. The zero-order valence-corrected chi connectivity index (χ0v) is 22.0. The van der Waals surface area contributed by atoms with Crippen molar-refractivity contribution in [1.82, 2.24) is 14.9 Å². The normalized spacial score (nSPS) is 16.8. The Bertz CT molecular complexity index is 1440. The lowest BCUT2D eigenvalue weighted by Crippen LogP contribution is -2.38. The molecule has 41 heavy (non-hydrogen) atoms. The summed E-state index contributed by atoms with van der Waals surface area (Å²) in [6.45, 7) is -3.30. The molecule has 2 amide bonds. The number of hydrogen-bond acceptors (Lipinski definition) is 7. The van der Waals surface area contributed by atoms with Crippen LogP contribution in [0.5, 0.6) is 11.5 Å². The molecule has 218 valence electrons. The van der Waals surface area contributed by atoms with Crippen LogP contribution in [0.1, 0.15) is 21.8 Å². The Morgan fingerprint density at radius 2 is 1.78 bits per heavy atom. The van der Waals surface area contributed by atoms with Gasteiger partial charge < -0.3 is 24.4 Å². The molecule has 14 heteroatoms. The molecule has 2 aromatic carbocycles. The minimum absolute atomic E-state index is 0.0673. The van der Waals surface area contributed by atoms with Crippen molar-refractivity contribution < 1.29 is 41.4 Å². The molecule has 0 bridgehead atoms. The number of aromatic nitrogens is 2. The molecule has 1 N–H and O–H groups in total. The highest BCUT2D eigenvalue weighted by molar-refractivity contribution is 5.99. The molecule has 1 aliphatic rings. The van der Waals surface area contributed by atoms with Crippen LogP contribution in [-0.4, -0.2) is 61.9 Å². The highest BCUT2D eigenvalue weighted by Crippen LogP contribution is 2.39. The molecule has 3 aromatic rings. The van der Waals surface area contributed by atoms with Crippen LogP contribution in [0.3, 0.4) is 0 Å². The number of amides is 2. The molecule has 1 fully saturated rings. The van der Waals surface area contributed by atoms with Gasteiger partial charge in [-0.3, -0.25) is 19.0 Å². The summed E-state index contributed by atoms with van der Waals surface area (Å²) in [5.41, 5.74) is -0.995. The van der Waals surface area contributed by atoms with Crippen LogP contribution >= 0.6 is 0 Å². The van der Waals surface area contributed by atoms with Gasteiger partial charge in [0.05, 0.1) is 38.7 Å². The van der Waals surface area contributed by atoms with E-state index in [-0.39, 0.29) is 49.0 Å². The van der Waals surface area contributed by atoms with Crippen LogP contribution in [0.15, 0.2) is 53.7 Å². The van der Waals surface area contributed by atoms with Crippen molar-refractivity contribution in [2.45, 2.75) is 19.1 Å². The van der Waals surface area contributed by atoms with Gasteiger partial charge in [0, 0.05) is 49.4 Å². The Hall–Kier alpha value is -4.46. The first-order valence-electron chi connectivity index (χ1n) is 12.3. The summed E-state index contributed by atoms with van der Waals surface area (Å²) in [6.07, 6.45) is 2.46. The monoisotopic (exact) mass is 578 g/mol. The summed E-state index contributed by atoms with van der Waals surface area (Å²) in [7, 11) is 2.70. The standard InChI is InChI=1S/C27H26F4N4O6/c1-39-8-7-34-14-32-12-22(26(34)38)35-13-19(23-20(28)9-17(40-2)10-21(23)29)18(25(35)37)11-33-24(36)15-3-5-16(6-4-15)41-27(30)31/h3-6,9-10,12,14,18-19,27H,7-8,11,13H2,1-2H3,(H,33,36)/t18?,19-/m1/s1. The van der Waals surface area contributed by atoms with Crippen LogP contribution in [0.4, 0.5) is 23.2 Å². The van der Waals surface area contributed by atoms with E-state index in [1.54, 1.807) is 0 Å². The minimum Gasteiger partial charge on any atom is -0.497 e. The maximum absolute atomic E-state index is 15.2. The van der Waals surface area contributed by atoms with Crippen molar-refractivity contribution in [3.8, 4) is 11.5 Å². The van der Waals surface area contributed by atoms with E-state index in [1.807, 2.05) is 0 Å². The van der Waals surface area contributed by atoms with E-state index < -0.39 is 53.0 Å². The van der Waals surface area contributed by atoms with E-state index in [1.165, 1.54) is 55.6 Å². The fourth-order valence-corrected chi connectivity index (χ4v) is 4.62. The summed E-state index contributed by atoms with van der Waals surface area (Å²) < 4.78 is 70.6. The van der Waals surface area contributed by atoms with Crippen LogP contribution in [0, 0.1) is 17.6 Å². The van der Waals surface area contributed by atoms with E-state index in [0.717, 1.165) is 17.0 Å². The van der Waals surface area contributed by atoms with Crippen LogP contribution in [-0.2, 0) is 16.1 Å². The molecule has 10 nitrogen and oxygen atoms in total. The van der Waals surface area contributed by atoms with Crippen molar-refractivity contribution in [3.05, 3.63) is 82.0 Å². The van der Waals surface area contributed by atoms with Crippen LogP contribution in [0.2, 0.25) is 0 Å². The summed E-state index contributed by atoms with van der Waals surface area (Å²) in [5, 5.41) is 2.56. The lowest BCUT2D eigenvalue weighted by Gasteiger charge is -2.19. The Morgan fingerprint density at radius 3 is 2.39 bits per heavy atom. The molecule has 1 unspecified atom stereocenters. The van der Waals surface area contributed by atoms with Crippen molar-refractivity contribution in [2.75, 3.05) is 38.8 Å². The van der Waals surface area contributed by atoms with Gasteiger partial charge in [0.15, 0.2) is 0 Å². The summed E-state index contributed by atoms with van der Waals surface area (Å²) in [6, 6.07) is 6.79. The fraction of sp³-hybridized carbons (Fsp3) is 0.333. The predicted octanol–water partition coefficient (Wildman–Crippen LogP) is 2.95. The molecule has 2 heterocycles. The van der Waals surface area contributed by atoms with Gasteiger partial charge in [-0.25, -0.2) is 13.8 Å². The number of ether oxygens (including phenoxy) is 3. The smallest absolute Gasteiger partial charge is 0.387 e. The number of hydrogen-bond donors (Lipinski definition) is 1. The van der Waals surface area contributed by atoms with Crippen molar-refractivity contribution >= 4 is 17.5 Å². The SMILES string of the molecule is COCCn1cncc(N2C[C@@H](c3c(F)cc(OC)cc3F)C(CNC(=O)c3ccc(OC(F)F)cc3)C2=O)c1=O. The highest BCUT2D eigenvalue weighted by atomic mass is 19.3. The number of carbonyl (C=O) groups excluding carboxylic acids is 2. The number of alkyl halides is 2. The van der Waals surface area contributed by atoms with Gasteiger partial charge in [0.1, 0.15) is 28.8 Å². The number of halogens is 4. The third kappa shape index (κ3) is 6.48. The van der Waals surface area contributed by atoms with Crippen molar-refractivity contribution in [2.24, 2.45) is 5.92 Å². The lowest BCUT2D eigenvalue weighted by molar-refractivity contribution is -0.120. The number of nitrogens with one attached hydrogen (secondary N) is 1. The van der Waals surface area contributed by atoms with Crippen LogP contribution in [0.25, 0.3) is 0 Å². The molecule has 1 aliphatic heterocycles. The average Bonchev–Trinajstić information content (AvgIpc) is 3.25. The van der Waals surface area contributed by atoms with Crippen molar-refractivity contribution in [1.29, 1.82) is 0 Å². The Kier molecular flexibility index (Phi) is 9.22. The maximum atomic E-state index is 15.2. The average molecular weight is 579 g/mol. The van der Waals surface area contributed by atoms with E-state index in [4.69, 9.17) is 9.47 Å². The Balaban J connectivity index is 1.64. The second kappa shape index (κ2) is 12.8. The minimum atomic E-state index is -3.04. The second-order valence-electron chi connectivity index (χ2n) is 9.05. The zero-order chi connectivity index (χ0) is 29.7. The Morgan fingerprint density at radius 1 is 1.10 bits per heavy atom. The molecule has 0 spiro atoms. The molecule has 4 rings (SSSR count). The number of benzene rings is 2. The molecule has 0 radical (unpaired) electrons. The number of carbonyl (C=O) groups is 2. The van der Waals surface area contributed by atoms with E-state index in [0.29, 0.717) is 0 Å². The zero-order valence-electron chi connectivity index (χ0n) is 22.0. The number of rotatable bonds is 11. The Labute approximate surface area is 231 Å². The number of methoxy groups -OCH3 is 2. The van der Waals surface area contributed by atoms with Gasteiger partial charge >= 0.3 is 6.61 Å². The lowest BCUT2D eigenvalue weighted by atomic mass is 9.87.